The summed E-state index contributed by atoms with van der Waals surface area (Å²) in [6.07, 6.45) is 4.02. The highest BCUT2D eigenvalue weighted by molar-refractivity contribution is 9.10. The summed E-state index contributed by atoms with van der Waals surface area (Å²) in [5.74, 6) is -0.432. The standard InChI is InChI=1S/C13H10BrN3O2/c14-12-5-3-10(4-6-12)8-15-16-13(18)11-2-1-7-17(19)9-11/h1-9H,(H,16,18). The van der Waals surface area contributed by atoms with E-state index in [2.05, 4.69) is 26.5 Å². The van der Waals surface area contributed by atoms with Gasteiger partial charge < -0.3 is 5.21 Å². The number of nitrogens with one attached hydrogen (secondary N) is 1. The highest BCUT2D eigenvalue weighted by atomic mass is 79.9. The van der Waals surface area contributed by atoms with Crippen molar-refractivity contribution in [1.82, 2.24) is 5.43 Å². The van der Waals surface area contributed by atoms with Crippen LogP contribution in [0.15, 0.2) is 58.4 Å². The number of benzene rings is 1. The van der Waals surface area contributed by atoms with Crippen molar-refractivity contribution in [2.24, 2.45) is 5.10 Å². The van der Waals surface area contributed by atoms with Gasteiger partial charge in [0.05, 0.1) is 6.21 Å². The van der Waals surface area contributed by atoms with Gasteiger partial charge in [0.25, 0.3) is 5.91 Å². The summed E-state index contributed by atoms with van der Waals surface area (Å²) in [5, 5.41) is 14.8. The molecule has 1 N–H and O–H groups in total. The second kappa shape index (κ2) is 6.10. The van der Waals surface area contributed by atoms with Crippen LogP contribution in [0.2, 0.25) is 0 Å². The number of carbonyl (C=O) groups is 1. The van der Waals surface area contributed by atoms with E-state index in [4.69, 9.17) is 0 Å². The molecule has 0 fully saturated rings. The topological polar surface area (TPSA) is 68.4 Å². The third kappa shape index (κ3) is 3.89. The monoisotopic (exact) mass is 319 g/mol. The number of hydrogen-bond acceptors (Lipinski definition) is 3. The lowest BCUT2D eigenvalue weighted by Crippen LogP contribution is -2.28. The Hall–Kier alpha value is -2.21. The Morgan fingerprint density at radius 2 is 2.05 bits per heavy atom. The number of hydrogen-bond donors (Lipinski definition) is 1. The first-order valence-electron chi connectivity index (χ1n) is 5.43. The zero-order chi connectivity index (χ0) is 13.7. The summed E-state index contributed by atoms with van der Waals surface area (Å²) >= 11 is 3.33. The summed E-state index contributed by atoms with van der Waals surface area (Å²) in [5.41, 5.74) is 3.47. The van der Waals surface area contributed by atoms with Crippen LogP contribution in [0, 0.1) is 5.21 Å². The third-order valence-electron chi connectivity index (χ3n) is 2.29. The van der Waals surface area contributed by atoms with E-state index < -0.39 is 5.91 Å². The molecule has 96 valence electrons. The van der Waals surface area contributed by atoms with Gasteiger partial charge in [-0.05, 0) is 23.8 Å². The molecule has 0 spiro atoms. The molecule has 0 unspecified atom stereocenters. The first-order valence-corrected chi connectivity index (χ1v) is 6.22. The van der Waals surface area contributed by atoms with E-state index in [9.17, 15) is 10.0 Å². The maximum atomic E-state index is 11.7. The molecule has 0 saturated carbocycles. The zero-order valence-electron chi connectivity index (χ0n) is 9.79. The van der Waals surface area contributed by atoms with Gasteiger partial charge >= 0.3 is 0 Å². The van der Waals surface area contributed by atoms with Crippen molar-refractivity contribution < 1.29 is 9.52 Å². The second-order valence-corrected chi connectivity index (χ2v) is 4.62. The molecule has 1 heterocycles. The fraction of sp³-hybridized carbons (Fsp3) is 0. The number of aromatic nitrogens is 1. The summed E-state index contributed by atoms with van der Waals surface area (Å²) < 4.78 is 1.53. The number of pyridine rings is 1. The van der Waals surface area contributed by atoms with Crippen molar-refractivity contribution in [3.8, 4) is 0 Å². The van der Waals surface area contributed by atoms with Crippen LogP contribution in [0.4, 0.5) is 0 Å². The van der Waals surface area contributed by atoms with Gasteiger partial charge in [-0.2, -0.15) is 9.83 Å². The summed E-state index contributed by atoms with van der Waals surface area (Å²) in [4.78, 5) is 11.7. The van der Waals surface area contributed by atoms with Gasteiger partial charge in [-0.25, -0.2) is 5.43 Å². The quantitative estimate of drug-likeness (QED) is 0.406. The van der Waals surface area contributed by atoms with E-state index in [1.54, 1.807) is 6.07 Å². The average Bonchev–Trinajstić information content (AvgIpc) is 2.41. The minimum atomic E-state index is -0.432. The second-order valence-electron chi connectivity index (χ2n) is 3.70. The average molecular weight is 320 g/mol. The van der Waals surface area contributed by atoms with Gasteiger partial charge in [0.15, 0.2) is 12.4 Å². The Morgan fingerprint density at radius 1 is 1.32 bits per heavy atom. The summed E-state index contributed by atoms with van der Waals surface area (Å²) in [6, 6.07) is 10.5. The summed E-state index contributed by atoms with van der Waals surface area (Å²) in [7, 11) is 0. The molecule has 0 atom stereocenters. The highest BCUT2D eigenvalue weighted by Gasteiger charge is 2.06. The van der Waals surface area contributed by atoms with E-state index in [0.717, 1.165) is 10.0 Å². The fourth-order valence-corrected chi connectivity index (χ4v) is 1.63. The van der Waals surface area contributed by atoms with Gasteiger partial charge in [-0.15, -0.1) is 0 Å². The Labute approximate surface area is 118 Å². The fourth-order valence-electron chi connectivity index (χ4n) is 1.37. The van der Waals surface area contributed by atoms with Gasteiger partial charge in [0, 0.05) is 10.5 Å². The number of halogens is 1. The Balaban J connectivity index is 1.98. The van der Waals surface area contributed by atoms with Crippen molar-refractivity contribution in [3.05, 3.63) is 69.6 Å². The van der Waals surface area contributed by atoms with E-state index in [1.165, 1.54) is 24.7 Å². The SMILES string of the molecule is O=C(NN=Cc1ccc(Br)cc1)c1ccc[n+]([O-])c1. The van der Waals surface area contributed by atoms with Gasteiger partial charge in [-0.3, -0.25) is 4.79 Å². The van der Waals surface area contributed by atoms with Crippen molar-refractivity contribution >= 4 is 28.1 Å². The molecule has 2 rings (SSSR count). The summed E-state index contributed by atoms with van der Waals surface area (Å²) in [6.45, 7) is 0. The number of carbonyl (C=O) groups excluding carboxylic acids is 1. The molecule has 0 bridgehead atoms. The molecule has 19 heavy (non-hydrogen) atoms. The minimum Gasteiger partial charge on any atom is -0.619 e. The number of amides is 1. The van der Waals surface area contributed by atoms with E-state index in [0.29, 0.717) is 4.73 Å². The molecule has 0 saturated heterocycles. The van der Waals surface area contributed by atoms with Crippen LogP contribution in [0.1, 0.15) is 15.9 Å². The molecule has 6 heteroatoms. The molecule has 2 aromatic rings. The van der Waals surface area contributed by atoms with Gasteiger partial charge in [0.2, 0.25) is 0 Å². The highest BCUT2D eigenvalue weighted by Crippen LogP contribution is 2.08. The predicted molar refractivity (Wildman–Crippen MR) is 74.6 cm³/mol. The molecule has 1 aromatic carbocycles. The molecule has 0 aliphatic carbocycles. The number of hydrazone groups is 1. The number of rotatable bonds is 3. The molecule has 1 amide bonds. The van der Waals surface area contributed by atoms with Crippen molar-refractivity contribution in [1.29, 1.82) is 0 Å². The smallest absolute Gasteiger partial charge is 0.277 e. The van der Waals surface area contributed by atoms with Crippen LogP contribution in [0.3, 0.4) is 0 Å². The molecular weight excluding hydrogens is 310 g/mol. The van der Waals surface area contributed by atoms with Crippen LogP contribution >= 0.6 is 15.9 Å². The lowest BCUT2D eigenvalue weighted by atomic mass is 10.2. The first-order chi connectivity index (χ1) is 9.15. The van der Waals surface area contributed by atoms with Crippen LogP contribution in [0.5, 0.6) is 0 Å². The predicted octanol–water partition coefficient (Wildman–Crippen LogP) is 1.85. The largest absolute Gasteiger partial charge is 0.619 e. The molecular formula is C13H10BrN3O2. The van der Waals surface area contributed by atoms with E-state index >= 15 is 0 Å². The van der Waals surface area contributed by atoms with Crippen molar-refractivity contribution in [2.45, 2.75) is 0 Å². The Bertz CT molecular complexity index is 612. The first kappa shape index (κ1) is 13.2. The van der Waals surface area contributed by atoms with Crippen molar-refractivity contribution in [3.63, 3.8) is 0 Å². The van der Waals surface area contributed by atoms with E-state index in [1.807, 2.05) is 24.3 Å². The maximum Gasteiger partial charge on any atom is 0.277 e. The third-order valence-corrected chi connectivity index (χ3v) is 2.82. The Morgan fingerprint density at radius 3 is 2.74 bits per heavy atom. The zero-order valence-corrected chi connectivity index (χ0v) is 11.4. The van der Waals surface area contributed by atoms with Crippen LogP contribution in [-0.2, 0) is 0 Å². The molecule has 0 aliphatic heterocycles. The molecule has 0 radical (unpaired) electrons. The maximum absolute atomic E-state index is 11.7. The lowest BCUT2D eigenvalue weighted by Gasteiger charge is -1.99. The Kier molecular flexibility index (Phi) is 4.25. The van der Waals surface area contributed by atoms with E-state index in [-0.39, 0.29) is 5.56 Å². The van der Waals surface area contributed by atoms with Gasteiger partial charge in [0.1, 0.15) is 5.56 Å². The molecule has 0 aliphatic rings. The lowest BCUT2D eigenvalue weighted by molar-refractivity contribution is -0.605. The van der Waals surface area contributed by atoms with Crippen LogP contribution in [0.25, 0.3) is 0 Å². The normalized spacial score (nSPS) is 10.6. The molecule has 5 nitrogen and oxygen atoms in total. The van der Waals surface area contributed by atoms with Crippen LogP contribution in [-0.4, -0.2) is 12.1 Å². The van der Waals surface area contributed by atoms with Crippen LogP contribution < -0.4 is 10.2 Å². The molecule has 1 aromatic heterocycles. The number of nitrogens with zero attached hydrogens (tertiary/aromatic N) is 2. The van der Waals surface area contributed by atoms with Crippen molar-refractivity contribution in [2.75, 3.05) is 0 Å². The van der Waals surface area contributed by atoms with Gasteiger partial charge in [-0.1, -0.05) is 28.1 Å². The minimum absolute atomic E-state index is 0.255.